The summed E-state index contributed by atoms with van der Waals surface area (Å²) in [6.07, 6.45) is -0.0887. The van der Waals surface area contributed by atoms with Gasteiger partial charge in [-0.3, -0.25) is 0 Å². The second-order valence-electron chi connectivity index (χ2n) is 6.25. The maximum Gasteiger partial charge on any atom is 0.173 e. The molecule has 1 aliphatic rings. The molecule has 0 aromatic heterocycles. The average molecular weight is 377 g/mol. The number of benzene rings is 2. The van der Waals surface area contributed by atoms with Crippen molar-refractivity contribution in [1.29, 1.82) is 0 Å². The fourth-order valence-corrected chi connectivity index (χ4v) is 3.36. The molecule has 1 atom stereocenters. The predicted molar refractivity (Wildman–Crippen MR) is 106 cm³/mol. The summed E-state index contributed by atoms with van der Waals surface area (Å²) in [5.74, 6) is 1.55. The molecule has 0 fully saturated rings. The topological polar surface area (TPSA) is 33.7 Å². The van der Waals surface area contributed by atoms with E-state index in [1.165, 1.54) is 0 Å². The molecule has 2 aromatic carbocycles. The number of hydrogen-bond acceptors (Lipinski definition) is 3. The number of nitrogens with one attached hydrogen (secondary N) is 1. The van der Waals surface area contributed by atoms with Gasteiger partial charge in [-0.2, -0.15) is 0 Å². The molecular weight excluding hydrogens is 356 g/mol. The van der Waals surface area contributed by atoms with Gasteiger partial charge in [0.05, 0.1) is 17.3 Å². The second-order valence-corrected chi connectivity index (χ2v) is 7.04. The van der Waals surface area contributed by atoms with Gasteiger partial charge in [-0.25, -0.2) is 0 Å². The lowest BCUT2D eigenvalue weighted by Gasteiger charge is -2.31. The zero-order valence-corrected chi connectivity index (χ0v) is 16.1. The lowest BCUT2D eigenvalue weighted by Crippen LogP contribution is -2.43. The first-order valence-electron chi connectivity index (χ1n) is 8.11. The Balaban J connectivity index is 1.62. The van der Waals surface area contributed by atoms with E-state index in [2.05, 4.69) is 11.4 Å². The summed E-state index contributed by atoms with van der Waals surface area (Å²) < 4.78 is 11.7. The van der Waals surface area contributed by atoms with Crippen LogP contribution in [0.3, 0.4) is 0 Å². The largest absolute Gasteiger partial charge is 0.486 e. The van der Waals surface area contributed by atoms with Crippen molar-refractivity contribution in [2.45, 2.75) is 20.0 Å². The highest BCUT2D eigenvalue weighted by Gasteiger charge is 2.23. The Morgan fingerprint density at radius 3 is 2.72 bits per heavy atom. The molecule has 0 radical (unpaired) electrons. The fourth-order valence-electron chi connectivity index (χ4n) is 2.82. The third-order valence-corrected chi connectivity index (χ3v) is 4.77. The first kappa shape index (κ1) is 17.8. The van der Waals surface area contributed by atoms with Crippen molar-refractivity contribution in [3.05, 3.63) is 52.5 Å². The number of anilines is 1. The minimum Gasteiger partial charge on any atom is -0.486 e. The molecule has 1 aliphatic heterocycles. The van der Waals surface area contributed by atoms with Gasteiger partial charge in [0.2, 0.25) is 0 Å². The maximum atomic E-state index is 6.35. The number of aryl methyl sites for hydroxylation is 2. The molecule has 3 rings (SSSR count). The van der Waals surface area contributed by atoms with Gasteiger partial charge < -0.3 is 19.7 Å². The number of likely N-dealkylation sites (N-methyl/N-ethyl adjacent to an activating group) is 1. The van der Waals surface area contributed by atoms with Gasteiger partial charge in [-0.1, -0.05) is 29.8 Å². The number of halogens is 1. The highest BCUT2D eigenvalue weighted by Crippen LogP contribution is 2.31. The predicted octanol–water partition coefficient (Wildman–Crippen LogP) is 4.43. The van der Waals surface area contributed by atoms with E-state index in [0.29, 0.717) is 23.3 Å². The summed E-state index contributed by atoms with van der Waals surface area (Å²) >= 11 is 11.9. The standard InChI is InChI=1S/C19H21ClN2O2S/c1-12-8-13(2)18(15(20)9-12)21-19(25)22(3)10-14-11-23-16-6-4-5-7-17(16)24-14/h4-9,14H,10-11H2,1-3H3,(H,21,25). The molecule has 0 bridgehead atoms. The minimum atomic E-state index is -0.0887. The number of nitrogens with zero attached hydrogens (tertiary/aromatic N) is 1. The molecule has 0 aliphatic carbocycles. The van der Waals surface area contributed by atoms with E-state index in [0.717, 1.165) is 28.3 Å². The van der Waals surface area contributed by atoms with Crippen LogP contribution in [0.1, 0.15) is 11.1 Å². The number of fused-ring (bicyclic) bond motifs is 1. The normalized spacial score (nSPS) is 15.6. The highest BCUT2D eigenvalue weighted by atomic mass is 35.5. The maximum absolute atomic E-state index is 6.35. The molecule has 2 aromatic rings. The van der Waals surface area contributed by atoms with E-state index in [4.69, 9.17) is 33.3 Å². The molecule has 0 saturated carbocycles. The molecule has 25 heavy (non-hydrogen) atoms. The van der Waals surface area contributed by atoms with Crippen molar-refractivity contribution in [3.63, 3.8) is 0 Å². The lowest BCUT2D eigenvalue weighted by molar-refractivity contribution is 0.0784. The number of para-hydroxylation sites is 2. The van der Waals surface area contributed by atoms with Crippen LogP contribution in [0.2, 0.25) is 5.02 Å². The Labute approximate surface area is 158 Å². The van der Waals surface area contributed by atoms with Crippen LogP contribution in [0.5, 0.6) is 11.5 Å². The second kappa shape index (κ2) is 7.50. The smallest absolute Gasteiger partial charge is 0.173 e. The number of rotatable bonds is 3. The monoisotopic (exact) mass is 376 g/mol. The van der Waals surface area contributed by atoms with Crippen LogP contribution < -0.4 is 14.8 Å². The van der Waals surface area contributed by atoms with Crippen molar-refractivity contribution in [2.75, 3.05) is 25.5 Å². The van der Waals surface area contributed by atoms with Crippen LogP contribution in [0, 0.1) is 13.8 Å². The number of thiocarbonyl (C=S) groups is 1. The molecule has 6 heteroatoms. The summed E-state index contributed by atoms with van der Waals surface area (Å²) in [5, 5.41) is 4.50. The molecule has 1 heterocycles. The highest BCUT2D eigenvalue weighted by molar-refractivity contribution is 7.80. The molecule has 132 valence electrons. The van der Waals surface area contributed by atoms with Gasteiger partial charge >= 0.3 is 0 Å². The minimum absolute atomic E-state index is 0.0887. The SMILES string of the molecule is Cc1cc(C)c(NC(=S)N(C)CC2COc3ccccc3O2)c(Cl)c1. The molecule has 4 nitrogen and oxygen atoms in total. The van der Waals surface area contributed by atoms with E-state index >= 15 is 0 Å². The van der Waals surface area contributed by atoms with Crippen molar-refractivity contribution in [2.24, 2.45) is 0 Å². The van der Waals surface area contributed by atoms with Crippen molar-refractivity contribution < 1.29 is 9.47 Å². The van der Waals surface area contributed by atoms with Crippen LogP contribution in [-0.2, 0) is 0 Å². The number of hydrogen-bond donors (Lipinski definition) is 1. The van der Waals surface area contributed by atoms with Crippen LogP contribution in [0.15, 0.2) is 36.4 Å². The molecule has 0 saturated heterocycles. The van der Waals surface area contributed by atoms with E-state index in [1.54, 1.807) is 0 Å². The van der Waals surface area contributed by atoms with E-state index in [-0.39, 0.29) is 6.10 Å². The van der Waals surface area contributed by atoms with Gasteiger partial charge in [0.1, 0.15) is 6.61 Å². The average Bonchev–Trinajstić information content (AvgIpc) is 2.57. The van der Waals surface area contributed by atoms with Crippen LogP contribution in [0.25, 0.3) is 0 Å². The Hall–Kier alpha value is -1.98. The van der Waals surface area contributed by atoms with E-state index in [9.17, 15) is 0 Å². The van der Waals surface area contributed by atoms with Crippen molar-refractivity contribution in [3.8, 4) is 11.5 Å². The summed E-state index contributed by atoms with van der Waals surface area (Å²) in [6, 6.07) is 11.7. The summed E-state index contributed by atoms with van der Waals surface area (Å²) in [4.78, 5) is 1.94. The Bertz CT molecular complexity index is 774. The van der Waals surface area contributed by atoms with Crippen LogP contribution in [0.4, 0.5) is 5.69 Å². The number of ether oxygens (including phenoxy) is 2. The summed E-state index contributed by atoms with van der Waals surface area (Å²) in [6.45, 7) is 5.14. The van der Waals surface area contributed by atoms with Crippen LogP contribution in [-0.4, -0.2) is 36.3 Å². The Kier molecular flexibility index (Phi) is 5.35. The van der Waals surface area contributed by atoms with Crippen molar-refractivity contribution in [1.82, 2.24) is 4.90 Å². The molecule has 1 unspecified atom stereocenters. The molecule has 1 N–H and O–H groups in total. The Morgan fingerprint density at radius 1 is 1.28 bits per heavy atom. The lowest BCUT2D eigenvalue weighted by atomic mass is 10.1. The van der Waals surface area contributed by atoms with E-state index < -0.39 is 0 Å². The zero-order chi connectivity index (χ0) is 18.0. The third kappa shape index (κ3) is 4.17. The molecule has 0 spiro atoms. The van der Waals surface area contributed by atoms with Crippen molar-refractivity contribution >= 4 is 34.6 Å². The summed E-state index contributed by atoms with van der Waals surface area (Å²) in [7, 11) is 1.93. The van der Waals surface area contributed by atoms with Crippen LogP contribution >= 0.6 is 23.8 Å². The van der Waals surface area contributed by atoms with Gasteiger partial charge in [0.15, 0.2) is 22.7 Å². The van der Waals surface area contributed by atoms with Gasteiger partial charge in [0, 0.05) is 7.05 Å². The fraction of sp³-hybridized carbons (Fsp3) is 0.316. The molecular formula is C19H21ClN2O2S. The summed E-state index contributed by atoms with van der Waals surface area (Å²) in [5.41, 5.74) is 3.03. The molecule has 0 amide bonds. The third-order valence-electron chi connectivity index (χ3n) is 4.06. The zero-order valence-electron chi connectivity index (χ0n) is 14.5. The quantitative estimate of drug-likeness (QED) is 0.801. The van der Waals surface area contributed by atoms with Gasteiger partial charge in [-0.15, -0.1) is 0 Å². The first-order valence-corrected chi connectivity index (χ1v) is 8.90. The van der Waals surface area contributed by atoms with E-state index in [1.807, 2.05) is 56.1 Å². The van der Waals surface area contributed by atoms with Gasteiger partial charge in [-0.05, 0) is 55.4 Å². The van der Waals surface area contributed by atoms with Gasteiger partial charge in [0.25, 0.3) is 0 Å². The Morgan fingerprint density at radius 2 is 2.00 bits per heavy atom. The first-order chi connectivity index (χ1) is 11.9.